The molecule has 0 amide bonds. The van der Waals surface area contributed by atoms with Crippen LogP contribution in [0.4, 0.5) is 5.69 Å². The van der Waals surface area contributed by atoms with Gasteiger partial charge in [-0.1, -0.05) is 96.5 Å². The first-order chi connectivity index (χ1) is 14.4. The predicted molar refractivity (Wildman–Crippen MR) is 123 cm³/mol. The van der Waals surface area contributed by atoms with Crippen LogP contribution in [-0.2, 0) is 10.0 Å². The van der Waals surface area contributed by atoms with Crippen LogP contribution in [0, 0.1) is 10.1 Å². The number of nitro groups is 1. The molecule has 0 atom stereocenters. The molecular formula is C23H40N2O4S. The maximum absolute atomic E-state index is 12.6. The van der Waals surface area contributed by atoms with E-state index in [4.69, 9.17) is 0 Å². The highest BCUT2D eigenvalue weighted by atomic mass is 32.2. The molecule has 0 aliphatic rings. The third-order valence-corrected chi connectivity index (χ3v) is 7.42. The van der Waals surface area contributed by atoms with E-state index in [0.717, 1.165) is 25.3 Å². The smallest absolute Gasteiger partial charge is 0.258 e. The van der Waals surface area contributed by atoms with Gasteiger partial charge < -0.3 is 0 Å². The summed E-state index contributed by atoms with van der Waals surface area (Å²) in [7, 11) is -2.15. The Balaban J connectivity index is 2.11. The monoisotopic (exact) mass is 440 g/mol. The first kappa shape index (κ1) is 26.6. The average molecular weight is 441 g/mol. The fraction of sp³-hybridized carbons (Fsp3) is 0.739. The maximum atomic E-state index is 12.6. The number of unbranched alkanes of at least 4 members (excludes halogenated alkanes) is 13. The van der Waals surface area contributed by atoms with Gasteiger partial charge in [0.15, 0.2) is 0 Å². The molecule has 0 N–H and O–H groups in total. The van der Waals surface area contributed by atoms with E-state index >= 15 is 0 Å². The summed E-state index contributed by atoms with van der Waals surface area (Å²) < 4.78 is 26.4. The molecule has 1 aromatic rings. The predicted octanol–water partition coefficient (Wildman–Crippen LogP) is 6.70. The van der Waals surface area contributed by atoms with Gasteiger partial charge in [-0.05, 0) is 12.5 Å². The van der Waals surface area contributed by atoms with E-state index in [2.05, 4.69) is 6.92 Å². The molecule has 0 heterocycles. The maximum Gasteiger partial charge on any atom is 0.270 e. The molecule has 30 heavy (non-hydrogen) atoms. The number of non-ortho nitro benzene ring substituents is 1. The third-order valence-electron chi connectivity index (χ3n) is 5.56. The summed E-state index contributed by atoms with van der Waals surface area (Å²) >= 11 is 0. The highest BCUT2D eigenvalue weighted by Crippen LogP contribution is 2.20. The van der Waals surface area contributed by atoms with Crippen LogP contribution in [0.25, 0.3) is 0 Å². The van der Waals surface area contributed by atoms with E-state index in [1.165, 1.54) is 100 Å². The third kappa shape index (κ3) is 10.5. The summed E-state index contributed by atoms with van der Waals surface area (Å²) in [6, 6.07) is 5.24. The topological polar surface area (TPSA) is 80.5 Å². The number of benzene rings is 1. The van der Waals surface area contributed by atoms with Gasteiger partial charge in [0.1, 0.15) is 0 Å². The van der Waals surface area contributed by atoms with Gasteiger partial charge in [0.05, 0.1) is 9.82 Å². The molecule has 0 saturated heterocycles. The van der Waals surface area contributed by atoms with Gasteiger partial charge in [0.25, 0.3) is 5.69 Å². The summed E-state index contributed by atoms with van der Waals surface area (Å²) in [5.74, 6) is 0. The SMILES string of the molecule is CCCCCCCCCCCCCCCCN(C)S(=O)(=O)c1cccc([N+](=O)[O-])c1. The number of rotatable bonds is 18. The lowest BCUT2D eigenvalue weighted by Gasteiger charge is -2.17. The van der Waals surface area contributed by atoms with Gasteiger partial charge in [-0.25, -0.2) is 12.7 Å². The van der Waals surface area contributed by atoms with Gasteiger partial charge in [-0.2, -0.15) is 0 Å². The van der Waals surface area contributed by atoms with Crippen LogP contribution in [0.1, 0.15) is 96.8 Å². The largest absolute Gasteiger partial charge is 0.270 e. The van der Waals surface area contributed by atoms with E-state index in [-0.39, 0.29) is 10.6 Å². The van der Waals surface area contributed by atoms with Crippen molar-refractivity contribution in [1.29, 1.82) is 0 Å². The lowest BCUT2D eigenvalue weighted by Crippen LogP contribution is -2.28. The fourth-order valence-corrected chi connectivity index (χ4v) is 4.84. The standard InChI is InChI=1S/C23H40N2O4S/c1-3-4-5-6-7-8-9-10-11-12-13-14-15-16-20-24(2)30(28,29)23-19-17-18-22(21-23)25(26)27/h17-19,21H,3-16,20H2,1-2H3. The fourth-order valence-electron chi connectivity index (χ4n) is 3.59. The summed E-state index contributed by atoms with van der Waals surface area (Å²) in [4.78, 5) is 10.3. The Morgan fingerprint density at radius 3 is 1.77 bits per heavy atom. The molecule has 0 bridgehead atoms. The second kappa shape index (κ2) is 15.3. The van der Waals surface area contributed by atoms with Crippen molar-refractivity contribution < 1.29 is 13.3 Å². The van der Waals surface area contributed by atoms with Crippen molar-refractivity contribution in [2.45, 2.75) is 102 Å². The molecule has 0 unspecified atom stereocenters. The summed E-state index contributed by atoms with van der Waals surface area (Å²) in [6.45, 7) is 2.68. The second-order valence-corrected chi connectivity index (χ2v) is 10.2. The lowest BCUT2D eigenvalue weighted by atomic mass is 10.0. The molecule has 1 aromatic carbocycles. The molecular weight excluding hydrogens is 400 g/mol. The van der Waals surface area contributed by atoms with Crippen LogP contribution >= 0.6 is 0 Å². The first-order valence-corrected chi connectivity index (χ1v) is 13.0. The highest BCUT2D eigenvalue weighted by Gasteiger charge is 2.22. The van der Waals surface area contributed by atoms with Crippen LogP contribution in [0.2, 0.25) is 0 Å². The van der Waals surface area contributed by atoms with Gasteiger partial charge in [-0.15, -0.1) is 0 Å². The Morgan fingerprint density at radius 1 is 0.833 bits per heavy atom. The van der Waals surface area contributed by atoms with E-state index in [1.807, 2.05) is 0 Å². The summed E-state index contributed by atoms with van der Waals surface area (Å²) in [5, 5.41) is 10.9. The van der Waals surface area contributed by atoms with Crippen molar-refractivity contribution in [3.8, 4) is 0 Å². The Morgan fingerprint density at radius 2 is 1.30 bits per heavy atom. The van der Waals surface area contributed by atoms with E-state index < -0.39 is 14.9 Å². The number of sulfonamides is 1. The quantitative estimate of drug-likeness (QED) is 0.144. The average Bonchev–Trinajstić information content (AvgIpc) is 2.73. The molecule has 7 heteroatoms. The molecule has 0 saturated carbocycles. The van der Waals surface area contributed by atoms with Crippen molar-refractivity contribution in [2.75, 3.05) is 13.6 Å². The van der Waals surface area contributed by atoms with E-state index in [0.29, 0.717) is 6.54 Å². The molecule has 0 aliphatic heterocycles. The first-order valence-electron chi connectivity index (χ1n) is 11.6. The summed E-state index contributed by atoms with van der Waals surface area (Å²) in [5.41, 5.74) is -0.207. The zero-order valence-corrected chi connectivity index (χ0v) is 19.7. The number of nitrogens with zero attached hydrogens (tertiary/aromatic N) is 2. The number of hydrogen-bond acceptors (Lipinski definition) is 4. The van der Waals surface area contributed by atoms with Crippen molar-refractivity contribution >= 4 is 15.7 Å². The van der Waals surface area contributed by atoms with Gasteiger partial charge in [0.2, 0.25) is 10.0 Å². The summed E-state index contributed by atoms with van der Waals surface area (Å²) in [6.07, 6.45) is 17.6. The molecule has 0 radical (unpaired) electrons. The minimum atomic E-state index is -3.68. The lowest BCUT2D eigenvalue weighted by molar-refractivity contribution is -0.385. The van der Waals surface area contributed by atoms with Crippen LogP contribution < -0.4 is 0 Å². The molecule has 1 rings (SSSR count). The van der Waals surface area contributed by atoms with E-state index in [9.17, 15) is 18.5 Å². The molecule has 0 aliphatic carbocycles. The van der Waals surface area contributed by atoms with Crippen molar-refractivity contribution in [3.05, 3.63) is 34.4 Å². The van der Waals surface area contributed by atoms with E-state index in [1.54, 1.807) is 0 Å². The molecule has 0 fully saturated rings. The zero-order valence-electron chi connectivity index (χ0n) is 18.9. The van der Waals surface area contributed by atoms with Crippen LogP contribution in [-0.4, -0.2) is 31.2 Å². The van der Waals surface area contributed by atoms with Gasteiger partial charge >= 0.3 is 0 Å². The highest BCUT2D eigenvalue weighted by molar-refractivity contribution is 7.89. The molecule has 172 valence electrons. The van der Waals surface area contributed by atoms with Crippen LogP contribution in [0.5, 0.6) is 0 Å². The van der Waals surface area contributed by atoms with Crippen LogP contribution in [0.3, 0.4) is 0 Å². The molecule has 6 nitrogen and oxygen atoms in total. The second-order valence-electron chi connectivity index (χ2n) is 8.18. The minimum Gasteiger partial charge on any atom is -0.258 e. The number of hydrogen-bond donors (Lipinski definition) is 0. The van der Waals surface area contributed by atoms with Gasteiger partial charge in [-0.3, -0.25) is 10.1 Å². The Labute approximate surface area is 183 Å². The normalized spacial score (nSPS) is 11.8. The molecule has 0 spiro atoms. The Bertz CT molecular complexity index is 707. The van der Waals surface area contributed by atoms with Crippen molar-refractivity contribution in [1.82, 2.24) is 4.31 Å². The minimum absolute atomic E-state index is 0.0236. The zero-order chi connectivity index (χ0) is 22.2. The van der Waals surface area contributed by atoms with Crippen LogP contribution in [0.15, 0.2) is 29.2 Å². The number of nitro benzene ring substituents is 1. The van der Waals surface area contributed by atoms with Crippen molar-refractivity contribution in [2.24, 2.45) is 0 Å². The Hall–Kier alpha value is -1.47. The van der Waals surface area contributed by atoms with Gasteiger partial charge in [0, 0.05) is 25.7 Å². The Kier molecular flexibility index (Phi) is 13.6. The van der Waals surface area contributed by atoms with Crippen molar-refractivity contribution in [3.63, 3.8) is 0 Å². The molecule has 0 aromatic heterocycles.